The molecule has 1 unspecified atom stereocenters. The van der Waals surface area contributed by atoms with Gasteiger partial charge in [-0.3, -0.25) is 9.48 Å². The summed E-state index contributed by atoms with van der Waals surface area (Å²) in [6.45, 7) is 2.01. The van der Waals surface area contributed by atoms with Crippen LogP contribution in [0.15, 0.2) is 6.20 Å². The third-order valence-corrected chi connectivity index (χ3v) is 2.67. The van der Waals surface area contributed by atoms with E-state index in [2.05, 4.69) is 10.4 Å². The second kappa shape index (κ2) is 3.44. The van der Waals surface area contributed by atoms with Crippen LogP contribution in [0.4, 0.5) is 0 Å². The Hall–Kier alpha value is -1.32. The predicted molar refractivity (Wildman–Crippen MR) is 52.8 cm³/mol. The van der Waals surface area contributed by atoms with Gasteiger partial charge in [-0.2, -0.15) is 5.10 Å². The highest BCUT2D eigenvalue weighted by molar-refractivity contribution is 5.78. The zero-order chi connectivity index (χ0) is 10.1. The van der Waals surface area contributed by atoms with E-state index in [0.717, 1.165) is 18.5 Å². The molecule has 1 aliphatic rings. The molecule has 2 heterocycles. The Morgan fingerprint density at radius 1 is 1.71 bits per heavy atom. The number of hydrogen-bond donors (Lipinski definition) is 1. The van der Waals surface area contributed by atoms with Gasteiger partial charge >= 0.3 is 0 Å². The fourth-order valence-corrected chi connectivity index (χ4v) is 1.94. The molecule has 1 aromatic heterocycles. The highest BCUT2D eigenvalue weighted by Crippen LogP contribution is 2.14. The Morgan fingerprint density at radius 3 is 3.00 bits per heavy atom. The molecule has 4 heteroatoms. The first kappa shape index (κ1) is 9.24. The lowest BCUT2D eigenvalue weighted by molar-refractivity contribution is -0.119. The molecule has 14 heavy (non-hydrogen) atoms. The number of aromatic nitrogens is 2. The molecule has 1 saturated heterocycles. The fourth-order valence-electron chi connectivity index (χ4n) is 1.94. The summed E-state index contributed by atoms with van der Waals surface area (Å²) in [6.07, 6.45) is 4.56. The lowest BCUT2D eigenvalue weighted by atomic mass is 10.1. The monoisotopic (exact) mass is 193 g/mol. The standard InChI is InChI=1S/C10H15N3O/c1-7-8(6-13(2)12-7)5-9-3-4-10(14)11-9/h6,9H,3-5H2,1-2H3,(H,11,14). The summed E-state index contributed by atoms with van der Waals surface area (Å²) >= 11 is 0. The number of nitrogens with zero attached hydrogens (tertiary/aromatic N) is 2. The molecule has 0 spiro atoms. The Labute approximate surface area is 83.3 Å². The maximum atomic E-state index is 11.0. The van der Waals surface area contributed by atoms with Crippen LogP contribution >= 0.6 is 0 Å². The summed E-state index contributed by atoms with van der Waals surface area (Å²) in [7, 11) is 1.92. The van der Waals surface area contributed by atoms with Crippen LogP contribution in [0.25, 0.3) is 0 Å². The van der Waals surface area contributed by atoms with E-state index in [1.54, 1.807) is 0 Å². The first-order chi connectivity index (χ1) is 6.65. The van der Waals surface area contributed by atoms with Crippen LogP contribution in [0.1, 0.15) is 24.1 Å². The topological polar surface area (TPSA) is 46.9 Å². The molecule has 1 N–H and O–H groups in total. The minimum absolute atomic E-state index is 0.177. The number of carbonyl (C=O) groups excluding carboxylic acids is 1. The minimum Gasteiger partial charge on any atom is -0.353 e. The molecule has 1 fully saturated rings. The maximum Gasteiger partial charge on any atom is 0.220 e. The number of amides is 1. The van der Waals surface area contributed by atoms with Gasteiger partial charge in [0, 0.05) is 25.7 Å². The zero-order valence-corrected chi connectivity index (χ0v) is 8.58. The molecule has 0 saturated carbocycles. The number of nitrogens with one attached hydrogen (secondary N) is 1. The van der Waals surface area contributed by atoms with E-state index < -0.39 is 0 Å². The quantitative estimate of drug-likeness (QED) is 0.745. The smallest absolute Gasteiger partial charge is 0.220 e. The van der Waals surface area contributed by atoms with Crippen molar-refractivity contribution in [3.8, 4) is 0 Å². The maximum absolute atomic E-state index is 11.0. The summed E-state index contributed by atoms with van der Waals surface area (Å²) in [5, 5.41) is 7.24. The van der Waals surface area contributed by atoms with Gasteiger partial charge in [0.25, 0.3) is 0 Å². The Kier molecular flexibility index (Phi) is 2.27. The second-order valence-corrected chi connectivity index (χ2v) is 3.92. The first-order valence-electron chi connectivity index (χ1n) is 4.93. The number of rotatable bonds is 2. The molecule has 76 valence electrons. The van der Waals surface area contributed by atoms with Crippen molar-refractivity contribution in [3.05, 3.63) is 17.5 Å². The highest BCUT2D eigenvalue weighted by atomic mass is 16.1. The van der Waals surface area contributed by atoms with Gasteiger partial charge < -0.3 is 5.32 Å². The van der Waals surface area contributed by atoms with E-state index in [1.807, 2.05) is 24.9 Å². The van der Waals surface area contributed by atoms with Gasteiger partial charge in [0.15, 0.2) is 0 Å². The second-order valence-electron chi connectivity index (χ2n) is 3.92. The van der Waals surface area contributed by atoms with E-state index in [0.29, 0.717) is 12.5 Å². The Balaban J connectivity index is 2.04. The fraction of sp³-hybridized carbons (Fsp3) is 0.600. The Morgan fingerprint density at radius 2 is 2.50 bits per heavy atom. The van der Waals surface area contributed by atoms with Gasteiger partial charge in [-0.15, -0.1) is 0 Å². The van der Waals surface area contributed by atoms with E-state index >= 15 is 0 Å². The van der Waals surface area contributed by atoms with Gasteiger partial charge in [-0.05, 0) is 25.3 Å². The van der Waals surface area contributed by atoms with Crippen molar-refractivity contribution in [2.45, 2.75) is 32.2 Å². The van der Waals surface area contributed by atoms with Gasteiger partial charge in [-0.25, -0.2) is 0 Å². The Bertz CT molecular complexity index is 356. The zero-order valence-electron chi connectivity index (χ0n) is 8.58. The SMILES string of the molecule is Cc1nn(C)cc1CC1CCC(=O)N1. The largest absolute Gasteiger partial charge is 0.353 e. The summed E-state index contributed by atoms with van der Waals surface area (Å²) in [5.41, 5.74) is 2.30. The molecule has 1 atom stereocenters. The van der Waals surface area contributed by atoms with E-state index in [-0.39, 0.29) is 5.91 Å². The summed E-state index contributed by atoms with van der Waals surface area (Å²) in [5.74, 6) is 0.177. The van der Waals surface area contributed by atoms with E-state index in [1.165, 1.54) is 5.56 Å². The molecular formula is C10H15N3O. The summed E-state index contributed by atoms with van der Waals surface area (Å²) < 4.78 is 1.82. The molecule has 0 radical (unpaired) electrons. The minimum atomic E-state index is 0.177. The van der Waals surface area contributed by atoms with Gasteiger partial charge in [0.1, 0.15) is 0 Å². The van der Waals surface area contributed by atoms with Crippen LogP contribution in [0, 0.1) is 6.92 Å². The molecule has 1 aromatic rings. The van der Waals surface area contributed by atoms with Crippen molar-refractivity contribution in [1.29, 1.82) is 0 Å². The van der Waals surface area contributed by atoms with Crippen LogP contribution < -0.4 is 5.32 Å². The van der Waals surface area contributed by atoms with Gasteiger partial charge in [-0.1, -0.05) is 0 Å². The third kappa shape index (κ3) is 1.78. The van der Waals surface area contributed by atoms with Gasteiger partial charge in [0.05, 0.1) is 5.69 Å². The number of carbonyl (C=O) groups is 1. The van der Waals surface area contributed by atoms with E-state index in [4.69, 9.17) is 0 Å². The normalized spacial score (nSPS) is 21.3. The van der Waals surface area contributed by atoms with Crippen LogP contribution in [-0.4, -0.2) is 21.7 Å². The molecular weight excluding hydrogens is 178 g/mol. The van der Waals surface area contributed by atoms with Crippen molar-refractivity contribution in [3.63, 3.8) is 0 Å². The summed E-state index contributed by atoms with van der Waals surface area (Å²) in [4.78, 5) is 11.0. The molecule has 0 aliphatic carbocycles. The van der Waals surface area contributed by atoms with Crippen molar-refractivity contribution >= 4 is 5.91 Å². The van der Waals surface area contributed by atoms with Crippen LogP contribution in [0.5, 0.6) is 0 Å². The van der Waals surface area contributed by atoms with Crippen LogP contribution in [0.3, 0.4) is 0 Å². The molecule has 0 aromatic carbocycles. The lowest BCUT2D eigenvalue weighted by Crippen LogP contribution is -2.27. The van der Waals surface area contributed by atoms with Crippen molar-refractivity contribution in [2.24, 2.45) is 7.05 Å². The van der Waals surface area contributed by atoms with Gasteiger partial charge in [0.2, 0.25) is 5.91 Å². The molecule has 4 nitrogen and oxygen atoms in total. The summed E-state index contributed by atoms with van der Waals surface area (Å²) in [6, 6.07) is 0.311. The lowest BCUT2D eigenvalue weighted by Gasteiger charge is -2.07. The molecule has 2 rings (SSSR count). The molecule has 1 amide bonds. The van der Waals surface area contributed by atoms with Crippen LogP contribution in [0.2, 0.25) is 0 Å². The first-order valence-corrected chi connectivity index (χ1v) is 4.93. The van der Waals surface area contributed by atoms with Crippen molar-refractivity contribution in [2.75, 3.05) is 0 Å². The highest BCUT2D eigenvalue weighted by Gasteiger charge is 2.21. The third-order valence-electron chi connectivity index (χ3n) is 2.67. The molecule has 1 aliphatic heterocycles. The number of aryl methyl sites for hydroxylation is 2. The predicted octanol–water partition coefficient (Wildman–Crippen LogP) is 0.550. The van der Waals surface area contributed by atoms with Crippen molar-refractivity contribution < 1.29 is 4.79 Å². The molecule has 0 bridgehead atoms. The van der Waals surface area contributed by atoms with E-state index in [9.17, 15) is 4.79 Å². The van der Waals surface area contributed by atoms with Crippen LogP contribution in [-0.2, 0) is 18.3 Å². The average molecular weight is 193 g/mol. The average Bonchev–Trinajstić information content (AvgIpc) is 2.61. The van der Waals surface area contributed by atoms with Crippen molar-refractivity contribution in [1.82, 2.24) is 15.1 Å². The number of hydrogen-bond acceptors (Lipinski definition) is 2.